The summed E-state index contributed by atoms with van der Waals surface area (Å²) in [5.74, 6) is 0.777. The molecule has 0 bridgehead atoms. The topological polar surface area (TPSA) is 47.6 Å². The van der Waals surface area contributed by atoms with Crippen molar-refractivity contribution < 1.29 is 4.84 Å². The van der Waals surface area contributed by atoms with Crippen LogP contribution in [0.25, 0.3) is 0 Å². The normalized spacial score (nSPS) is 12.1. The highest BCUT2D eigenvalue weighted by Gasteiger charge is 1.99. The third kappa shape index (κ3) is 4.13. The fourth-order valence-corrected chi connectivity index (χ4v) is 0.633. The first-order valence-electron chi connectivity index (χ1n) is 4.18. The van der Waals surface area contributed by atoms with Crippen LogP contribution < -0.4 is 5.73 Å². The van der Waals surface area contributed by atoms with E-state index in [4.69, 9.17) is 10.6 Å². The Morgan fingerprint density at radius 2 is 1.92 bits per heavy atom. The van der Waals surface area contributed by atoms with Crippen molar-refractivity contribution in [3.05, 3.63) is 11.3 Å². The minimum Gasteiger partial charge on any atom is -0.360 e. The maximum Gasteiger partial charge on any atom is 0.147 e. The average Bonchev–Trinajstić information content (AvgIpc) is 2.04. The number of hydrogen-bond donors (Lipinski definition) is 1. The molecule has 0 radical (unpaired) electrons. The number of nitrogens with zero attached hydrogens (tertiary/aromatic N) is 1. The third-order valence-corrected chi connectivity index (χ3v) is 1.53. The molecule has 0 fully saturated rings. The van der Waals surface area contributed by atoms with Crippen LogP contribution in [0.15, 0.2) is 16.5 Å². The summed E-state index contributed by atoms with van der Waals surface area (Å²) in [4.78, 5) is 5.15. The van der Waals surface area contributed by atoms with Gasteiger partial charge in [-0.3, -0.25) is 0 Å². The summed E-state index contributed by atoms with van der Waals surface area (Å²) in [5.41, 5.74) is 7.53. The van der Waals surface area contributed by atoms with Crippen LogP contribution in [0, 0.1) is 0 Å². The number of oxime groups is 1. The minimum atomic E-state index is 0.413. The van der Waals surface area contributed by atoms with Crippen molar-refractivity contribution in [1.29, 1.82) is 0 Å². The lowest BCUT2D eigenvalue weighted by molar-refractivity contribution is 0.219. The Balaban J connectivity index is 4.28. The number of hydrogen-bond acceptors (Lipinski definition) is 3. The number of allylic oxidation sites excluding steroid dienone is 1. The van der Waals surface area contributed by atoms with E-state index >= 15 is 0 Å². The third-order valence-electron chi connectivity index (χ3n) is 1.53. The van der Waals surface area contributed by atoms with E-state index in [0.717, 1.165) is 23.5 Å². The highest BCUT2D eigenvalue weighted by Crippen LogP contribution is 2.08. The molecular formula is C9H18N2O. The molecule has 3 heteroatoms. The molecule has 12 heavy (non-hydrogen) atoms. The molecule has 0 amide bonds. The zero-order valence-electron chi connectivity index (χ0n) is 8.35. The minimum absolute atomic E-state index is 0.413. The van der Waals surface area contributed by atoms with Gasteiger partial charge in [0.1, 0.15) is 5.76 Å². The van der Waals surface area contributed by atoms with E-state index < -0.39 is 0 Å². The molecule has 0 saturated carbocycles. The second-order valence-electron chi connectivity index (χ2n) is 2.89. The summed E-state index contributed by atoms with van der Waals surface area (Å²) in [5, 5.41) is 3.84. The van der Waals surface area contributed by atoms with Crippen molar-refractivity contribution in [3.8, 4) is 0 Å². The molecule has 0 aromatic carbocycles. The van der Waals surface area contributed by atoms with Gasteiger partial charge in [0, 0.05) is 0 Å². The summed E-state index contributed by atoms with van der Waals surface area (Å²) >= 11 is 0. The molecule has 0 aliphatic heterocycles. The van der Waals surface area contributed by atoms with Crippen molar-refractivity contribution >= 4 is 5.71 Å². The first-order chi connectivity index (χ1) is 5.61. The van der Waals surface area contributed by atoms with E-state index in [2.05, 4.69) is 12.1 Å². The molecule has 0 aromatic rings. The first kappa shape index (κ1) is 11.2. The molecular weight excluding hydrogens is 152 g/mol. The molecule has 2 N–H and O–H groups in total. The number of rotatable bonds is 4. The molecule has 3 nitrogen and oxygen atoms in total. The Kier molecular flexibility index (Phi) is 5.37. The second-order valence-corrected chi connectivity index (χ2v) is 2.89. The van der Waals surface area contributed by atoms with E-state index in [1.807, 2.05) is 20.8 Å². The lowest BCUT2D eigenvalue weighted by Gasteiger charge is -2.05. The van der Waals surface area contributed by atoms with Crippen molar-refractivity contribution in [2.45, 2.75) is 34.1 Å². The monoisotopic (exact) mass is 170 g/mol. The van der Waals surface area contributed by atoms with Gasteiger partial charge in [0.15, 0.2) is 0 Å². The van der Waals surface area contributed by atoms with Gasteiger partial charge >= 0.3 is 0 Å². The highest BCUT2D eigenvalue weighted by molar-refractivity contribution is 5.78. The summed E-state index contributed by atoms with van der Waals surface area (Å²) < 4.78 is 0. The Labute approximate surface area is 74.3 Å². The predicted octanol–water partition coefficient (Wildman–Crippen LogP) is 2.04. The van der Waals surface area contributed by atoms with E-state index in [9.17, 15) is 0 Å². The Bertz CT molecular complexity index is 191. The quantitative estimate of drug-likeness (QED) is 0.398. The van der Waals surface area contributed by atoms with Crippen LogP contribution in [-0.4, -0.2) is 12.3 Å². The molecule has 0 heterocycles. The Hall–Kier alpha value is -0.830. The maximum atomic E-state index is 5.48. The van der Waals surface area contributed by atoms with Crippen molar-refractivity contribution in [1.82, 2.24) is 0 Å². The molecule has 0 spiro atoms. The lowest BCUT2D eigenvalue weighted by atomic mass is 10.2. The molecule has 0 unspecified atom stereocenters. The summed E-state index contributed by atoms with van der Waals surface area (Å²) in [7, 11) is 0. The lowest BCUT2D eigenvalue weighted by Crippen LogP contribution is -2.07. The average molecular weight is 170 g/mol. The fraction of sp³-hybridized carbons (Fsp3) is 0.667. The standard InChI is InChI=1S/C9H18N2O/c1-5-8(4)9(6-10)12-11-7(2)3/h5-6,10H2,1-4H3. The van der Waals surface area contributed by atoms with Gasteiger partial charge in [0.2, 0.25) is 0 Å². The van der Waals surface area contributed by atoms with E-state index in [-0.39, 0.29) is 0 Å². The molecule has 0 aromatic heterocycles. The zero-order chi connectivity index (χ0) is 9.56. The Morgan fingerprint density at radius 3 is 2.25 bits per heavy atom. The molecule has 0 rings (SSSR count). The van der Waals surface area contributed by atoms with Crippen LogP contribution in [0.3, 0.4) is 0 Å². The molecule has 0 saturated heterocycles. The first-order valence-corrected chi connectivity index (χ1v) is 4.18. The van der Waals surface area contributed by atoms with Gasteiger partial charge in [0.25, 0.3) is 0 Å². The van der Waals surface area contributed by atoms with E-state index in [1.165, 1.54) is 0 Å². The molecule has 0 aliphatic rings. The highest BCUT2D eigenvalue weighted by atomic mass is 16.6. The van der Waals surface area contributed by atoms with Crippen molar-refractivity contribution in [2.24, 2.45) is 10.9 Å². The molecule has 0 aliphatic carbocycles. The predicted molar refractivity (Wildman–Crippen MR) is 51.9 cm³/mol. The van der Waals surface area contributed by atoms with Gasteiger partial charge in [-0.1, -0.05) is 12.1 Å². The largest absolute Gasteiger partial charge is 0.360 e. The SMILES string of the molecule is CCC(C)=C(CN)ON=C(C)C. The summed E-state index contributed by atoms with van der Waals surface area (Å²) in [6.07, 6.45) is 0.949. The van der Waals surface area contributed by atoms with Crippen LogP contribution in [0.2, 0.25) is 0 Å². The fourth-order valence-electron chi connectivity index (χ4n) is 0.633. The smallest absolute Gasteiger partial charge is 0.147 e. The maximum absolute atomic E-state index is 5.48. The van der Waals surface area contributed by atoms with Crippen molar-refractivity contribution in [3.63, 3.8) is 0 Å². The van der Waals surface area contributed by atoms with Crippen LogP contribution in [0.5, 0.6) is 0 Å². The van der Waals surface area contributed by atoms with Gasteiger partial charge in [-0.05, 0) is 32.8 Å². The van der Waals surface area contributed by atoms with Gasteiger partial charge in [-0.15, -0.1) is 0 Å². The number of nitrogens with two attached hydrogens (primary N) is 1. The second kappa shape index (κ2) is 5.77. The molecule has 70 valence electrons. The summed E-state index contributed by atoms with van der Waals surface area (Å²) in [6, 6.07) is 0. The van der Waals surface area contributed by atoms with Crippen LogP contribution >= 0.6 is 0 Å². The Morgan fingerprint density at radius 1 is 1.33 bits per heavy atom. The molecule has 0 atom stereocenters. The van der Waals surface area contributed by atoms with Gasteiger partial charge in [-0.25, -0.2) is 0 Å². The summed E-state index contributed by atoms with van der Waals surface area (Å²) in [6.45, 7) is 8.25. The van der Waals surface area contributed by atoms with Gasteiger partial charge < -0.3 is 10.6 Å². The van der Waals surface area contributed by atoms with E-state index in [0.29, 0.717) is 6.54 Å². The van der Waals surface area contributed by atoms with Crippen LogP contribution in [0.1, 0.15) is 34.1 Å². The van der Waals surface area contributed by atoms with Crippen molar-refractivity contribution in [2.75, 3.05) is 6.54 Å². The van der Waals surface area contributed by atoms with Gasteiger partial charge in [-0.2, -0.15) is 0 Å². The zero-order valence-corrected chi connectivity index (χ0v) is 8.35. The van der Waals surface area contributed by atoms with Gasteiger partial charge in [0.05, 0.1) is 12.3 Å². The van der Waals surface area contributed by atoms with Crippen LogP contribution in [0.4, 0.5) is 0 Å². The van der Waals surface area contributed by atoms with Crippen LogP contribution in [-0.2, 0) is 4.84 Å². The van der Waals surface area contributed by atoms with E-state index in [1.54, 1.807) is 0 Å².